The average Bonchev–Trinajstić information content (AvgIpc) is 2.72. The molecular weight excluding hydrogens is 236 g/mol. The molecule has 0 amide bonds. The van der Waals surface area contributed by atoms with Crippen LogP contribution in [0, 0.1) is 13.8 Å². The first-order valence-electron chi connectivity index (χ1n) is 6.59. The first-order valence-corrected chi connectivity index (χ1v) is 6.59. The van der Waals surface area contributed by atoms with Crippen LogP contribution in [0.25, 0.3) is 5.95 Å². The quantitative estimate of drug-likeness (QED) is 0.920. The number of hydrogen-bond acceptors (Lipinski definition) is 3. The van der Waals surface area contributed by atoms with Crippen LogP contribution in [-0.4, -0.2) is 20.1 Å². The lowest BCUT2D eigenvalue weighted by atomic mass is 10.1. The van der Waals surface area contributed by atoms with Crippen molar-refractivity contribution in [2.45, 2.75) is 46.7 Å². The maximum Gasteiger partial charge on any atom is 0.234 e. The fourth-order valence-corrected chi connectivity index (χ4v) is 1.93. The fraction of sp³-hybridized carbons (Fsp3) is 0.467. The number of hydrogen-bond donors (Lipinski definition) is 1. The molecule has 0 spiro atoms. The van der Waals surface area contributed by atoms with Gasteiger partial charge in [-0.25, -0.2) is 9.97 Å². The summed E-state index contributed by atoms with van der Waals surface area (Å²) in [7, 11) is 0. The molecule has 4 nitrogen and oxygen atoms in total. The smallest absolute Gasteiger partial charge is 0.234 e. The molecule has 0 saturated heterocycles. The molecule has 0 aliphatic carbocycles. The second-order valence-corrected chi connectivity index (χ2v) is 5.92. The van der Waals surface area contributed by atoms with E-state index in [1.165, 1.54) is 5.69 Å². The fourth-order valence-electron chi connectivity index (χ4n) is 1.93. The summed E-state index contributed by atoms with van der Waals surface area (Å²) in [5.41, 5.74) is 3.25. The van der Waals surface area contributed by atoms with Gasteiger partial charge in [0.05, 0.1) is 0 Å². The number of aryl methyl sites for hydroxylation is 2. The standard InChI is InChI=1S/C15H22N4/c1-11-9-12(2)18-14(17-11)19-8-6-7-13(19)10-16-15(3,4)5/h6-9,16H,10H2,1-5H3. The molecule has 0 unspecified atom stereocenters. The highest BCUT2D eigenvalue weighted by Gasteiger charge is 2.12. The van der Waals surface area contributed by atoms with Gasteiger partial charge in [-0.15, -0.1) is 0 Å². The van der Waals surface area contributed by atoms with E-state index in [2.05, 4.69) is 42.1 Å². The highest BCUT2D eigenvalue weighted by Crippen LogP contribution is 2.11. The molecule has 2 aromatic rings. The van der Waals surface area contributed by atoms with Crippen LogP contribution >= 0.6 is 0 Å². The molecule has 102 valence electrons. The topological polar surface area (TPSA) is 42.7 Å². The first-order chi connectivity index (χ1) is 8.85. The molecule has 19 heavy (non-hydrogen) atoms. The van der Waals surface area contributed by atoms with E-state index in [9.17, 15) is 0 Å². The molecule has 0 aliphatic heterocycles. The monoisotopic (exact) mass is 258 g/mol. The van der Waals surface area contributed by atoms with Crippen LogP contribution < -0.4 is 5.32 Å². The second kappa shape index (κ2) is 5.13. The van der Waals surface area contributed by atoms with Crippen LogP contribution in [0.4, 0.5) is 0 Å². The molecule has 1 N–H and O–H groups in total. The lowest BCUT2D eigenvalue weighted by Gasteiger charge is -2.21. The van der Waals surface area contributed by atoms with Gasteiger partial charge in [0.1, 0.15) is 0 Å². The van der Waals surface area contributed by atoms with E-state index in [1.807, 2.05) is 36.7 Å². The summed E-state index contributed by atoms with van der Waals surface area (Å²) < 4.78 is 2.04. The van der Waals surface area contributed by atoms with Gasteiger partial charge in [-0.3, -0.25) is 4.57 Å². The highest BCUT2D eigenvalue weighted by molar-refractivity contribution is 5.24. The SMILES string of the molecule is Cc1cc(C)nc(-n2cccc2CNC(C)(C)C)n1. The molecule has 2 aromatic heterocycles. The molecule has 2 heterocycles. The summed E-state index contributed by atoms with van der Waals surface area (Å²) in [4.78, 5) is 9.01. The Morgan fingerprint density at radius 1 is 1.16 bits per heavy atom. The van der Waals surface area contributed by atoms with Crippen molar-refractivity contribution in [1.29, 1.82) is 0 Å². The van der Waals surface area contributed by atoms with Crippen LogP contribution in [-0.2, 0) is 6.54 Å². The molecule has 4 heteroatoms. The molecule has 0 saturated carbocycles. The lowest BCUT2D eigenvalue weighted by molar-refractivity contribution is 0.419. The Balaban J connectivity index is 2.28. The van der Waals surface area contributed by atoms with E-state index in [1.54, 1.807) is 0 Å². The van der Waals surface area contributed by atoms with Crippen LogP contribution in [0.15, 0.2) is 24.4 Å². The zero-order valence-corrected chi connectivity index (χ0v) is 12.4. The summed E-state index contributed by atoms with van der Waals surface area (Å²) in [6.07, 6.45) is 2.01. The normalized spacial score (nSPS) is 11.8. The van der Waals surface area contributed by atoms with E-state index in [0.717, 1.165) is 23.9 Å². The van der Waals surface area contributed by atoms with Crippen molar-refractivity contribution in [3.8, 4) is 5.95 Å². The third-order valence-corrected chi connectivity index (χ3v) is 2.82. The second-order valence-electron chi connectivity index (χ2n) is 5.92. The predicted molar refractivity (Wildman–Crippen MR) is 77.4 cm³/mol. The summed E-state index contributed by atoms with van der Waals surface area (Å²) in [6.45, 7) is 11.3. The van der Waals surface area contributed by atoms with Crippen LogP contribution in [0.3, 0.4) is 0 Å². The third kappa shape index (κ3) is 3.64. The van der Waals surface area contributed by atoms with Gasteiger partial charge in [0.15, 0.2) is 0 Å². The summed E-state index contributed by atoms with van der Waals surface area (Å²) in [6, 6.07) is 6.11. The predicted octanol–water partition coefficient (Wildman–Crippen LogP) is 2.77. The molecule has 0 radical (unpaired) electrons. The van der Waals surface area contributed by atoms with E-state index >= 15 is 0 Å². The van der Waals surface area contributed by atoms with Gasteiger partial charge in [-0.2, -0.15) is 0 Å². The Kier molecular flexibility index (Phi) is 3.71. The maximum absolute atomic E-state index is 4.51. The van der Waals surface area contributed by atoms with E-state index in [-0.39, 0.29) is 5.54 Å². The number of aromatic nitrogens is 3. The summed E-state index contributed by atoms with van der Waals surface area (Å²) in [5.74, 6) is 0.744. The van der Waals surface area contributed by atoms with Crippen LogP contribution in [0.5, 0.6) is 0 Å². The van der Waals surface area contributed by atoms with Crippen molar-refractivity contribution in [1.82, 2.24) is 19.9 Å². The molecule has 0 fully saturated rings. The van der Waals surface area contributed by atoms with E-state index in [0.29, 0.717) is 0 Å². The van der Waals surface area contributed by atoms with E-state index in [4.69, 9.17) is 0 Å². The third-order valence-electron chi connectivity index (χ3n) is 2.82. The molecular formula is C15H22N4. The van der Waals surface area contributed by atoms with E-state index < -0.39 is 0 Å². The van der Waals surface area contributed by atoms with Crippen LogP contribution in [0.1, 0.15) is 37.9 Å². The largest absolute Gasteiger partial charge is 0.307 e. The molecule has 0 bridgehead atoms. The van der Waals surface area contributed by atoms with Gasteiger partial charge in [0.2, 0.25) is 5.95 Å². The summed E-state index contributed by atoms with van der Waals surface area (Å²) in [5, 5.41) is 3.49. The minimum Gasteiger partial charge on any atom is -0.307 e. The average molecular weight is 258 g/mol. The molecule has 0 atom stereocenters. The van der Waals surface area contributed by atoms with Crippen LogP contribution in [0.2, 0.25) is 0 Å². The number of nitrogens with one attached hydrogen (secondary N) is 1. The minimum absolute atomic E-state index is 0.0957. The van der Waals surface area contributed by atoms with Gasteiger partial charge in [0, 0.05) is 35.4 Å². The lowest BCUT2D eigenvalue weighted by Crippen LogP contribution is -2.35. The van der Waals surface area contributed by atoms with Crippen molar-refractivity contribution in [2.75, 3.05) is 0 Å². The van der Waals surface area contributed by atoms with Crippen molar-refractivity contribution in [2.24, 2.45) is 0 Å². The number of nitrogens with zero attached hydrogens (tertiary/aromatic N) is 3. The van der Waals surface area contributed by atoms with Crippen molar-refractivity contribution in [3.63, 3.8) is 0 Å². The van der Waals surface area contributed by atoms with Crippen molar-refractivity contribution < 1.29 is 0 Å². The van der Waals surface area contributed by atoms with Crippen molar-refractivity contribution >= 4 is 0 Å². The van der Waals surface area contributed by atoms with Gasteiger partial charge >= 0.3 is 0 Å². The zero-order valence-electron chi connectivity index (χ0n) is 12.4. The van der Waals surface area contributed by atoms with Gasteiger partial charge < -0.3 is 5.32 Å². The van der Waals surface area contributed by atoms with Gasteiger partial charge in [-0.05, 0) is 52.8 Å². The zero-order chi connectivity index (χ0) is 14.0. The Bertz CT molecular complexity index is 544. The molecule has 0 aliphatic rings. The maximum atomic E-state index is 4.51. The Morgan fingerprint density at radius 2 is 1.79 bits per heavy atom. The van der Waals surface area contributed by atoms with Gasteiger partial charge in [-0.1, -0.05) is 0 Å². The summed E-state index contributed by atoms with van der Waals surface area (Å²) >= 11 is 0. The Labute approximate surface area is 114 Å². The Morgan fingerprint density at radius 3 is 2.37 bits per heavy atom. The first kappa shape index (κ1) is 13.7. The minimum atomic E-state index is 0.0957. The van der Waals surface area contributed by atoms with Crippen molar-refractivity contribution in [3.05, 3.63) is 41.5 Å². The van der Waals surface area contributed by atoms with Gasteiger partial charge in [0.25, 0.3) is 0 Å². The number of rotatable bonds is 3. The highest BCUT2D eigenvalue weighted by atomic mass is 15.2. The molecule has 2 rings (SSSR count). The Hall–Kier alpha value is -1.68. The molecule has 0 aromatic carbocycles.